The predicted octanol–water partition coefficient (Wildman–Crippen LogP) is 3.35. The van der Waals surface area contributed by atoms with Gasteiger partial charge in [-0.05, 0) is 61.6 Å². The van der Waals surface area contributed by atoms with Crippen LogP contribution in [0.5, 0.6) is 11.5 Å². The fraction of sp³-hybridized carbons (Fsp3) is 0.409. The van der Waals surface area contributed by atoms with E-state index in [1.54, 1.807) is 19.5 Å². The van der Waals surface area contributed by atoms with Gasteiger partial charge in [-0.3, -0.25) is 14.6 Å². The Morgan fingerprint density at radius 3 is 2.55 bits per heavy atom. The molecule has 29 heavy (non-hydrogen) atoms. The third-order valence-electron chi connectivity index (χ3n) is 5.34. The Kier molecular flexibility index (Phi) is 6.69. The van der Waals surface area contributed by atoms with Gasteiger partial charge in [-0.15, -0.1) is 0 Å². The molecule has 0 saturated heterocycles. The number of pyridine rings is 1. The van der Waals surface area contributed by atoms with Crippen molar-refractivity contribution in [1.82, 2.24) is 10.3 Å². The number of carbonyl (C=O) groups is 2. The average Bonchev–Trinajstić information content (AvgIpc) is 3.23. The first-order valence-electron chi connectivity index (χ1n) is 9.70. The predicted molar refractivity (Wildman–Crippen MR) is 107 cm³/mol. The standard InChI is InChI=1S/C22H26N2O5/c1-14(24-21(25)17-3-4-18(11-17)22(26)27)16-5-6-19(20(12-16)28-2)29-13-15-7-9-23-10-8-15/h5-10,12,14,17-18H,3-4,11,13H2,1-2H3,(H,24,25)(H,26,27)/t14?,17-,18+/m1/s1. The number of benzene rings is 1. The Morgan fingerprint density at radius 2 is 1.90 bits per heavy atom. The molecule has 7 heteroatoms. The van der Waals surface area contributed by atoms with Crippen molar-refractivity contribution in [2.45, 2.75) is 38.8 Å². The van der Waals surface area contributed by atoms with Gasteiger partial charge < -0.3 is 19.9 Å². The zero-order valence-corrected chi connectivity index (χ0v) is 16.6. The molecule has 2 aromatic rings. The van der Waals surface area contributed by atoms with Gasteiger partial charge in [0.15, 0.2) is 11.5 Å². The number of nitrogens with one attached hydrogen (secondary N) is 1. The van der Waals surface area contributed by atoms with E-state index in [1.807, 2.05) is 37.3 Å². The Balaban J connectivity index is 1.61. The van der Waals surface area contributed by atoms with Gasteiger partial charge in [0.25, 0.3) is 0 Å². The second-order valence-electron chi connectivity index (χ2n) is 7.33. The molecule has 3 rings (SSSR count). The van der Waals surface area contributed by atoms with E-state index in [1.165, 1.54) is 0 Å². The molecule has 3 atom stereocenters. The minimum Gasteiger partial charge on any atom is -0.493 e. The quantitative estimate of drug-likeness (QED) is 0.708. The number of amides is 1. The zero-order chi connectivity index (χ0) is 20.8. The molecular weight excluding hydrogens is 372 g/mol. The van der Waals surface area contributed by atoms with Gasteiger partial charge >= 0.3 is 5.97 Å². The first kappa shape index (κ1) is 20.6. The summed E-state index contributed by atoms with van der Waals surface area (Å²) in [5.41, 5.74) is 1.89. The number of rotatable bonds is 8. The van der Waals surface area contributed by atoms with Crippen molar-refractivity contribution < 1.29 is 24.2 Å². The number of nitrogens with zero attached hydrogens (tertiary/aromatic N) is 1. The highest BCUT2D eigenvalue weighted by molar-refractivity contribution is 5.81. The van der Waals surface area contributed by atoms with Crippen molar-refractivity contribution in [2.75, 3.05) is 7.11 Å². The minimum atomic E-state index is -0.819. The molecule has 1 aliphatic carbocycles. The molecule has 1 saturated carbocycles. The molecule has 0 bridgehead atoms. The maximum absolute atomic E-state index is 12.5. The molecule has 1 aromatic carbocycles. The van der Waals surface area contributed by atoms with Gasteiger partial charge in [0, 0.05) is 18.3 Å². The van der Waals surface area contributed by atoms with E-state index >= 15 is 0 Å². The molecule has 1 fully saturated rings. The van der Waals surface area contributed by atoms with Crippen LogP contribution in [0.25, 0.3) is 0 Å². The van der Waals surface area contributed by atoms with Crippen LogP contribution in [-0.4, -0.2) is 29.1 Å². The highest BCUT2D eigenvalue weighted by Gasteiger charge is 2.34. The van der Waals surface area contributed by atoms with E-state index in [4.69, 9.17) is 14.6 Å². The fourth-order valence-corrected chi connectivity index (χ4v) is 3.57. The highest BCUT2D eigenvalue weighted by atomic mass is 16.5. The topological polar surface area (TPSA) is 97.8 Å². The Labute approximate surface area is 170 Å². The summed E-state index contributed by atoms with van der Waals surface area (Å²) in [6, 6.07) is 9.11. The van der Waals surface area contributed by atoms with E-state index in [0.29, 0.717) is 37.4 Å². The lowest BCUT2D eigenvalue weighted by Gasteiger charge is -2.19. The molecule has 1 unspecified atom stereocenters. The van der Waals surface area contributed by atoms with Crippen molar-refractivity contribution in [2.24, 2.45) is 11.8 Å². The van der Waals surface area contributed by atoms with Crippen LogP contribution in [-0.2, 0) is 16.2 Å². The van der Waals surface area contributed by atoms with E-state index in [9.17, 15) is 9.59 Å². The summed E-state index contributed by atoms with van der Waals surface area (Å²) in [6.07, 6.45) is 5.00. The second-order valence-corrected chi connectivity index (χ2v) is 7.33. The molecule has 1 aliphatic rings. The van der Waals surface area contributed by atoms with Crippen LogP contribution in [0.2, 0.25) is 0 Å². The Hall–Kier alpha value is -3.09. The van der Waals surface area contributed by atoms with E-state index < -0.39 is 11.9 Å². The summed E-state index contributed by atoms with van der Waals surface area (Å²) in [5, 5.41) is 12.1. The zero-order valence-electron chi connectivity index (χ0n) is 16.6. The number of carboxylic acids is 1. The monoisotopic (exact) mass is 398 g/mol. The number of ether oxygens (including phenoxy) is 2. The highest BCUT2D eigenvalue weighted by Crippen LogP contribution is 2.33. The van der Waals surface area contributed by atoms with Gasteiger partial charge in [-0.25, -0.2) is 0 Å². The summed E-state index contributed by atoms with van der Waals surface area (Å²) in [5.74, 6) is -0.379. The smallest absolute Gasteiger partial charge is 0.306 e. The Bertz CT molecular complexity index is 856. The third-order valence-corrected chi connectivity index (χ3v) is 5.34. The van der Waals surface area contributed by atoms with E-state index in [0.717, 1.165) is 11.1 Å². The third kappa shape index (κ3) is 5.25. The summed E-state index contributed by atoms with van der Waals surface area (Å²) < 4.78 is 11.3. The molecule has 0 aliphatic heterocycles. The lowest BCUT2D eigenvalue weighted by molar-refractivity contribution is -0.141. The number of carboxylic acid groups (broad SMARTS) is 1. The summed E-state index contributed by atoms with van der Waals surface area (Å²) in [6.45, 7) is 2.30. The van der Waals surface area contributed by atoms with Gasteiger partial charge in [-0.2, -0.15) is 0 Å². The molecule has 0 radical (unpaired) electrons. The summed E-state index contributed by atoms with van der Waals surface area (Å²) >= 11 is 0. The molecule has 0 spiro atoms. The fourth-order valence-electron chi connectivity index (χ4n) is 3.57. The second kappa shape index (κ2) is 9.41. The van der Waals surface area contributed by atoms with Gasteiger partial charge in [0.2, 0.25) is 5.91 Å². The first-order chi connectivity index (χ1) is 14.0. The molecule has 2 N–H and O–H groups in total. The van der Waals surface area contributed by atoms with Crippen molar-refractivity contribution in [1.29, 1.82) is 0 Å². The number of methoxy groups -OCH3 is 1. The van der Waals surface area contributed by atoms with Crippen LogP contribution in [0.3, 0.4) is 0 Å². The molecule has 154 valence electrons. The van der Waals surface area contributed by atoms with Crippen molar-refractivity contribution >= 4 is 11.9 Å². The number of hydrogen-bond donors (Lipinski definition) is 2. The maximum atomic E-state index is 12.5. The van der Waals surface area contributed by atoms with Crippen molar-refractivity contribution in [3.05, 3.63) is 53.9 Å². The van der Waals surface area contributed by atoms with Gasteiger partial charge in [-0.1, -0.05) is 6.07 Å². The average molecular weight is 398 g/mol. The number of aliphatic carboxylic acids is 1. The molecular formula is C22H26N2O5. The summed E-state index contributed by atoms with van der Waals surface area (Å²) in [7, 11) is 1.58. The molecule has 7 nitrogen and oxygen atoms in total. The maximum Gasteiger partial charge on any atom is 0.306 e. The number of carbonyl (C=O) groups excluding carboxylic acids is 1. The largest absolute Gasteiger partial charge is 0.493 e. The van der Waals surface area contributed by atoms with Crippen molar-refractivity contribution in [3.63, 3.8) is 0 Å². The SMILES string of the molecule is COc1cc(C(C)NC(=O)[C@@H]2CC[C@H](C(=O)O)C2)ccc1OCc1ccncc1. The van der Waals surface area contributed by atoms with Crippen LogP contribution >= 0.6 is 0 Å². The van der Waals surface area contributed by atoms with Crippen LogP contribution in [0.4, 0.5) is 0 Å². The lowest BCUT2D eigenvalue weighted by Crippen LogP contribution is -2.32. The van der Waals surface area contributed by atoms with E-state index in [2.05, 4.69) is 10.3 Å². The molecule has 1 heterocycles. The van der Waals surface area contributed by atoms with Crippen molar-refractivity contribution in [3.8, 4) is 11.5 Å². The number of hydrogen-bond acceptors (Lipinski definition) is 5. The summed E-state index contributed by atoms with van der Waals surface area (Å²) in [4.78, 5) is 27.6. The molecule has 1 amide bonds. The van der Waals surface area contributed by atoms with Crippen LogP contribution in [0.15, 0.2) is 42.7 Å². The Morgan fingerprint density at radius 1 is 1.17 bits per heavy atom. The van der Waals surface area contributed by atoms with Crippen LogP contribution in [0.1, 0.15) is 43.4 Å². The van der Waals surface area contributed by atoms with Gasteiger partial charge in [0.1, 0.15) is 6.61 Å². The van der Waals surface area contributed by atoms with Gasteiger partial charge in [0.05, 0.1) is 19.1 Å². The first-order valence-corrected chi connectivity index (χ1v) is 9.70. The minimum absolute atomic E-state index is 0.0989. The number of aromatic nitrogens is 1. The van der Waals surface area contributed by atoms with E-state index in [-0.39, 0.29) is 17.9 Å². The molecule has 1 aromatic heterocycles. The normalized spacial score (nSPS) is 19.4. The van der Waals surface area contributed by atoms with Crippen LogP contribution < -0.4 is 14.8 Å². The lowest BCUT2D eigenvalue weighted by atomic mass is 10.0. The van der Waals surface area contributed by atoms with Crippen LogP contribution in [0, 0.1) is 11.8 Å².